The molecule has 1 aromatic rings. The van der Waals surface area contributed by atoms with Gasteiger partial charge in [-0.05, 0) is 5.92 Å². The lowest BCUT2D eigenvalue weighted by atomic mass is 10.2. The van der Waals surface area contributed by atoms with Crippen LogP contribution >= 0.6 is 0 Å². The predicted molar refractivity (Wildman–Crippen MR) is 69.3 cm³/mol. The first kappa shape index (κ1) is 15.1. The molecule has 0 aliphatic carbocycles. The van der Waals surface area contributed by atoms with Crippen molar-refractivity contribution in [2.45, 2.75) is 26.9 Å². The molecule has 0 fully saturated rings. The Hall–Kier alpha value is -0.980. The van der Waals surface area contributed by atoms with Crippen molar-refractivity contribution in [2.75, 3.05) is 33.5 Å². The Bertz CT molecular complexity index is 315. The van der Waals surface area contributed by atoms with Crippen molar-refractivity contribution in [2.24, 2.45) is 5.92 Å². The minimum Gasteiger partial charge on any atom is -0.383 e. The molecule has 18 heavy (non-hydrogen) atoms. The molecule has 6 nitrogen and oxygen atoms in total. The molecule has 0 amide bonds. The second kappa shape index (κ2) is 9.02. The highest BCUT2D eigenvalue weighted by Gasteiger charge is 2.00. The summed E-state index contributed by atoms with van der Waals surface area (Å²) in [6.07, 6.45) is 1.94. The Morgan fingerprint density at radius 1 is 1.39 bits per heavy atom. The van der Waals surface area contributed by atoms with Crippen molar-refractivity contribution in [3.63, 3.8) is 0 Å². The standard InChI is InChI=1S/C12H24N4O2/c1-11(2)10-18-7-5-16-9-12(14-15-16)8-13-4-6-17-3/h9,11,13H,4-8,10H2,1-3H3. The Labute approximate surface area is 109 Å². The summed E-state index contributed by atoms with van der Waals surface area (Å²) in [5.74, 6) is 0.571. The molecule has 1 heterocycles. The third-order valence-electron chi connectivity index (χ3n) is 2.29. The van der Waals surface area contributed by atoms with E-state index in [1.165, 1.54) is 0 Å². The molecule has 0 aliphatic rings. The van der Waals surface area contributed by atoms with E-state index >= 15 is 0 Å². The molecule has 0 radical (unpaired) electrons. The Kier molecular flexibility index (Phi) is 7.55. The molecule has 1 aromatic heterocycles. The molecule has 0 aromatic carbocycles. The summed E-state index contributed by atoms with van der Waals surface area (Å²) in [6.45, 7) is 8.74. The van der Waals surface area contributed by atoms with Crippen LogP contribution in [0.3, 0.4) is 0 Å². The van der Waals surface area contributed by atoms with Gasteiger partial charge in [0.25, 0.3) is 0 Å². The largest absolute Gasteiger partial charge is 0.383 e. The molecule has 0 unspecified atom stereocenters. The molecule has 104 valence electrons. The maximum Gasteiger partial charge on any atom is 0.0964 e. The molecule has 0 saturated carbocycles. The van der Waals surface area contributed by atoms with Crippen molar-refractivity contribution in [1.29, 1.82) is 0 Å². The number of hydrogen-bond acceptors (Lipinski definition) is 5. The van der Waals surface area contributed by atoms with E-state index in [0.29, 0.717) is 19.1 Å². The van der Waals surface area contributed by atoms with Crippen molar-refractivity contribution in [3.8, 4) is 0 Å². The summed E-state index contributed by atoms with van der Waals surface area (Å²) >= 11 is 0. The average molecular weight is 256 g/mol. The van der Waals surface area contributed by atoms with Crippen LogP contribution in [0.1, 0.15) is 19.5 Å². The fourth-order valence-electron chi connectivity index (χ4n) is 1.40. The van der Waals surface area contributed by atoms with Gasteiger partial charge in [-0.2, -0.15) is 0 Å². The van der Waals surface area contributed by atoms with E-state index < -0.39 is 0 Å². The number of rotatable bonds is 10. The van der Waals surface area contributed by atoms with Crippen LogP contribution in [0.25, 0.3) is 0 Å². The van der Waals surface area contributed by atoms with Crippen LogP contribution in [0.4, 0.5) is 0 Å². The number of aromatic nitrogens is 3. The lowest BCUT2D eigenvalue weighted by Crippen LogP contribution is -2.18. The van der Waals surface area contributed by atoms with E-state index in [2.05, 4.69) is 29.5 Å². The SMILES string of the molecule is COCCNCc1cn(CCOCC(C)C)nn1. The summed E-state index contributed by atoms with van der Waals surface area (Å²) in [4.78, 5) is 0. The first-order chi connectivity index (χ1) is 8.72. The fraction of sp³-hybridized carbons (Fsp3) is 0.833. The maximum absolute atomic E-state index is 5.50. The van der Waals surface area contributed by atoms with Gasteiger partial charge in [0.05, 0.1) is 25.5 Å². The van der Waals surface area contributed by atoms with Crippen molar-refractivity contribution in [1.82, 2.24) is 20.3 Å². The average Bonchev–Trinajstić information content (AvgIpc) is 2.78. The highest BCUT2D eigenvalue weighted by molar-refractivity contribution is 4.91. The molecular weight excluding hydrogens is 232 g/mol. The Morgan fingerprint density at radius 2 is 2.22 bits per heavy atom. The second-order valence-corrected chi connectivity index (χ2v) is 4.61. The fourth-order valence-corrected chi connectivity index (χ4v) is 1.40. The quantitative estimate of drug-likeness (QED) is 0.624. The van der Waals surface area contributed by atoms with Gasteiger partial charge in [-0.25, -0.2) is 4.68 Å². The van der Waals surface area contributed by atoms with Gasteiger partial charge < -0.3 is 14.8 Å². The van der Waals surface area contributed by atoms with Crippen LogP contribution in [0.5, 0.6) is 0 Å². The normalized spacial score (nSPS) is 11.3. The van der Waals surface area contributed by atoms with Gasteiger partial charge in [0.15, 0.2) is 0 Å². The van der Waals surface area contributed by atoms with Crippen LogP contribution in [0.2, 0.25) is 0 Å². The summed E-state index contributed by atoms with van der Waals surface area (Å²) < 4.78 is 12.3. The number of methoxy groups -OCH3 is 1. The first-order valence-corrected chi connectivity index (χ1v) is 6.38. The van der Waals surface area contributed by atoms with Crippen LogP contribution in [0.15, 0.2) is 6.20 Å². The highest BCUT2D eigenvalue weighted by Crippen LogP contribution is 1.95. The molecule has 0 spiro atoms. The van der Waals surface area contributed by atoms with Gasteiger partial charge in [0.1, 0.15) is 0 Å². The van der Waals surface area contributed by atoms with Crippen LogP contribution in [0, 0.1) is 5.92 Å². The molecule has 1 N–H and O–H groups in total. The van der Waals surface area contributed by atoms with Gasteiger partial charge in [0, 0.05) is 33.0 Å². The van der Waals surface area contributed by atoms with Crippen molar-refractivity contribution >= 4 is 0 Å². The van der Waals surface area contributed by atoms with Crippen LogP contribution in [-0.4, -0.2) is 48.5 Å². The van der Waals surface area contributed by atoms with E-state index in [-0.39, 0.29) is 0 Å². The summed E-state index contributed by atoms with van der Waals surface area (Å²) in [5, 5.41) is 11.4. The minimum atomic E-state index is 0.571. The monoisotopic (exact) mass is 256 g/mol. The van der Waals surface area contributed by atoms with Crippen LogP contribution in [-0.2, 0) is 22.6 Å². The van der Waals surface area contributed by atoms with E-state index in [4.69, 9.17) is 9.47 Å². The third kappa shape index (κ3) is 6.68. The molecular formula is C12H24N4O2. The molecule has 0 bridgehead atoms. The Balaban J connectivity index is 2.13. The van der Waals surface area contributed by atoms with Crippen molar-refractivity contribution < 1.29 is 9.47 Å². The van der Waals surface area contributed by atoms with Gasteiger partial charge in [0.2, 0.25) is 0 Å². The predicted octanol–water partition coefficient (Wildman–Crippen LogP) is 0.687. The van der Waals surface area contributed by atoms with Crippen molar-refractivity contribution in [3.05, 3.63) is 11.9 Å². The summed E-state index contributed by atoms with van der Waals surface area (Å²) in [5.41, 5.74) is 0.940. The number of nitrogens with zero attached hydrogens (tertiary/aromatic N) is 3. The van der Waals surface area contributed by atoms with E-state index in [0.717, 1.165) is 31.9 Å². The lowest BCUT2D eigenvalue weighted by molar-refractivity contribution is 0.101. The number of ether oxygens (including phenoxy) is 2. The Morgan fingerprint density at radius 3 is 2.94 bits per heavy atom. The third-order valence-corrected chi connectivity index (χ3v) is 2.29. The number of hydrogen-bond donors (Lipinski definition) is 1. The first-order valence-electron chi connectivity index (χ1n) is 6.38. The zero-order valence-corrected chi connectivity index (χ0v) is 11.6. The zero-order chi connectivity index (χ0) is 13.2. The topological polar surface area (TPSA) is 61.2 Å². The zero-order valence-electron chi connectivity index (χ0n) is 11.6. The summed E-state index contributed by atoms with van der Waals surface area (Å²) in [7, 11) is 1.69. The molecule has 0 saturated heterocycles. The van der Waals surface area contributed by atoms with Gasteiger partial charge in [-0.3, -0.25) is 0 Å². The van der Waals surface area contributed by atoms with E-state index in [9.17, 15) is 0 Å². The smallest absolute Gasteiger partial charge is 0.0964 e. The minimum absolute atomic E-state index is 0.571. The second-order valence-electron chi connectivity index (χ2n) is 4.61. The van der Waals surface area contributed by atoms with Gasteiger partial charge in [-0.1, -0.05) is 19.1 Å². The molecule has 0 atom stereocenters. The molecule has 1 rings (SSSR count). The van der Waals surface area contributed by atoms with E-state index in [1.807, 2.05) is 10.9 Å². The molecule has 6 heteroatoms. The van der Waals surface area contributed by atoms with Crippen LogP contribution < -0.4 is 5.32 Å². The highest BCUT2D eigenvalue weighted by atomic mass is 16.5. The lowest BCUT2D eigenvalue weighted by Gasteiger charge is -2.05. The number of nitrogens with one attached hydrogen (secondary N) is 1. The van der Waals surface area contributed by atoms with E-state index in [1.54, 1.807) is 7.11 Å². The molecule has 0 aliphatic heterocycles. The van der Waals surface area contributed by atoms with Gasteiger partial charge >= 0.3 is 0 Å². The van der Waals surface area contributed by atoms with Gasteiger partial charge in [-0.15, -0.1) is 5.10 Å². The summed E-state index contributed by atoms with van der Waals surface area (Å²) in [6, 6.07) is 0. The maximum atomic E-state index is 5.50.